The van der Waals surface area contributed by atoms with Crippen molar-refractivity contribution in [3.8, 4) is 5.69 Å². The number of rotatable bonds is 5. The maximum atomic E-state index is 13.2. The van der Waals surface area contributed by atoms with Gasteiger partial charge in [-0.2, -0.15) is 5.10 Å². The predicted molar refractivity (Wildman–Crippen MR) is 97.3 cm³/mol. The highest BCUT2D eigenvalue weighted by Gasteiger charge is 2.31. The normalized spacial score (nSPS) is 18.5. The molecule has 0 unspecified atom stereocenters. The molecule has 2 fully saturated rings. The minimum atomic E-state index is 0.124. The largest absolute Gasteiger partial charge is 0.332 e. The van der Waals surface area contributed by atoms with Crippen LogP contribution in [0.3, 0.4) is 0 Å². The van der Waals surface area contributed by atoms with Crippen molar-refractivity contribution >= 4 is 5.91 Å². The molecule has 1 N–H and O–H groups in total. The van der Waals surface area contributed by atoms with Crippen molar-refractivity contribution in [1.82, 2.24) is 14.7 Å². The molecule has 0 bridgehead atoms. The van der Waals surface area contributed by atoms with Crippen molar-refractivity contribution in [2.24, 2.45) is 0 Å². The number of hydrogen-bond acceptors (Lipinski definition) is 2. The first-order valence-corrected chi connectivity index (χ1v) is 9.54. The molecule has 1 saturated carbocycles. The third kappa shape index (κ3) is 3.47. The number of nitrogens with zero attached hydrogens (tertiary/aromatic N) is 3. The van der Waals surface area contributed by atoms with Gasteiger partial charge in [0.25, 0.3) is 5.91 Å². The van der Waals surface area contributed by atoms with Crippen LogP contribution < -0.4 is 4.90 Å². The monoisotopic (exact) mass is 339 g/mol. The van der Waals surface area contributed by atoms with Crippen LogP contribution in [0, 0.1) is 0 Å². The Kier molecular flexibility index (Phi) is 4.57. The van der Waals surface area contributed by atoms with E-state index in [0.717, 1.165) is 37.6 Å². The minimum absolute atomic E-state index is 0.124. The first-order valence-electron chi connectivity index (χ1n) is 9.54. The topological polar surface area (TPSA) is 42.6 Å². The summed E-state index contributed by atoms with van der Waals surface area (Å²) < 4.78 is 1.85. The summed E-state index contributed by atoms with van der Waals surface area (Å²) in [5.74, 6) is 0.668. The molecule has 0 spiro atoms. The molecule has 0 radical (unpaired) electrons. The number of amides is 1. The van der Waals surface area contributed by atoms with Gasteiger partial charge in [0, 0.05) is 5.92 Å². The van der Waals surface area contributed by atoms with Crippen LogP contribution in [0.15, 0.2) is 36.4 Å². The van der Waals surface area contributed by atoms with E-state index < -0.39 is 0 Å². The SMILES string of the molecule is CCC[NH+]1CCN(C(=O)c2cc(C3CC3)nn2-c2ccccc2)CC1. The quantitative estimate of drug-likeness (QED) is 0.897. The third-order valence-electron chi connectivity index (χ3n) is 5.31. The van der Waals surface area contributed by atoms with Crippen molar-refractivity contribution in [3.05, 3.63) is 47.8 Å². The van der Waals surface area contributed by atoms with Crippen molar-refractivity contribution in [2.75, 3.05) is 32.7 Å². The number of aromatic nitrogens is 2. The standard InChI is InChI=1S/C20H26N4O/c1-2-10-22-11-13-23(14-12-22)20(25)19-15-18(16-8-9-16)21-24(19)17-6-4-3-5-7-17/h3-7,15-16H,2,8-14H2,1H3/p+1. The Labute approximate surface area is 149 Å². The van der Waals surface area contributed by atoms with Gasteiger partial charge in [-0.3, -0.25) is 4.79 Å². The highest BCUT2D eigenvalue weighted by Crippen LogP contribution is 2.39. The summed E-state index contributed by atoms with van der Waals surface area (Å²) >= 11 is 0. The van der Waals surface area contributed by atoms with Gasteiger partial charge in [-0.25, -0.2) is 4.68 Å². The van der Waals surface area contributed by atoms with Crippen LogP contribution in [-0.4, -0.2) is 53.3 Å². The van der Waals surface area contributed by atoms with E-state index in [4.69, 9.17) is 5.10 Å². The van der Waals surface area contributed by atoms with Crippen molar-refractivity contribution in [2.45, 2.75) is 32.1 Å². The molecule has 1 aromatic carbocycles. The number of piperazine rings is 1. The van der Waals surface area contributed by atoms with Crippen molar-refractivity contribution in [3.63, 3.8) is 0 Å². The Balaban J connectivity index is 1.58. The molecule has 25 heavy (non-hydrogen) atoms. The first-order chi connectivity index (χ1) is 12.3. The molecule has 0 atom stereocenters. The molecule has 1 amide bonds. The molecule has 2 heterocycles. The lowest BCUT2D eigenvalue weighted by Gasteiger charge is -2.32. The molecular weight excluding hydrogens is 312 g/mol. The van der Waals surface area contributed by atoms with Gasteiger partial charge in [-0.05, 0) is 37.5 Å². The average molecular weight is 339 g/mol. The Hall–Kier alpha value is -2.14. The van der Waals surface area contributed by atoms with E-state index in [0.29, 0.717) is 11.6 Å². The van der Waals surface area contributed by atoms with Crippen LogP contribution in [0.5, 0.6) is 0 Å². The molecular formula is C20H27N4O+. The second-order valence-corrected chi connectivity index (χ2v) is 7.27. The van der Waals surface area contributed by atoms with E-state index in [1.807, 2.05) is 46.0 Å². The van der Waals surface area contributed by atoms with E-state index in [1.165, 1.54) is 25.8 Å². The number of para-hydroxylation sites is 1. The van der Waals surface area contributed by atoms with Gasteiger partial charge in [0.1, 0.15) is 5.69 Å². The van der Waals surface area contributed by atoms with Crippen LogP contribution in [0.4, 0.5) is 0 Å². The Morgan fingerprint density at radius 1 is 1.20 bits per heavy atom. The molecule has 1 aromatic heterocycles. The van der Waals surface area contributed by atoms with Gasteiger partial charge in [0.05, 0.1) is 44.1 Å². The molecule has 4 rings (SSSR count). The van der Waals surface area contributed by atoms with E-state index in [9.17, 15) is 4.79 Å². The lowest BCUT2D eigenvalue weighted by atomic mass is 10.2. The van der Waals surface area contributed by atoms with E-state index in [-0.39, 0.29) is 5.91 Å². The van der Waals surface area contributed by atoms with Crippen molar-refractivity contribution in [1.29, 1.82) is 0 Å². The number of nitrogens with one attached hydrogen (secondary N) is 1. The summed E-state index contributed by atoms with van der Waals surface area (Å²) in [6, 6.07) is 12.0. The van der Waals surface area contributed by atoms with Crippen LogP contribution in [0.2, 0.25) is 0 Å². The smallest absolute Gasteiger partial charge is 0.273 e. The van der Waals surface area contributed by atoms with Gasteiger partial charge in [0.15, 0.2) is 0 Å². The molecule has 1 saturated heterocycles. The molecule has 1 aliphatic heterocycles. The summed E-state index contributed by atoms with van der Waals surface area (Å²) in [4.78, 5) is 16.8. The molecule has 132 valence electrons. The van der Waals surface area contributed by atoms with Gasteiger partial charge in [0.2, 0.25) is 0 Å². The molecule has 2 aliphatic rings. The minimum Gasteiger partial charge on any atom is -0.332 e. The lowest BCUT2D eigenvalue weighted by Crippen LogP contribution is -3.14. The zero-order chi connectivity index (χ0) is 17.2. The van der Waals surface area contributed by atoms with Gasteiger partial charge in [-0.1, -0.05) is 25.1 Å². The maximum Gasteiger partial charge on any atom is 0.273 e. The number of carbonyl (C=O) groups excluding carboxylic acids is 1. The fourth-order valence-corrected chi connectivity index (χ4v) is 3.69. The Bertz CT molecular complexity index is 727. The number of carbonyl (C=O) groups is 1. The summed E-state index contributed by atoms with van der Waals surface area (Å²) in [7, 11) is 0. The highest BCUT2D eigenvalue weighted by atomic mass is 16.2. The zero-order valence-corrected chi connectivity index (χ0v) is 14.9. The van der Waals surface area contributed by atoms with Crippen LogP contribution in [-0.2, 0) is 0 Å². The Morgan fingerprint density at radius 2 is 1.92 bits per heavy atom. The first kappa shape index (κ1) is 16.3. The van der Waals surface area contributed by atoms with Crippen LogP contribution in [0.1, 0.15) is 48.3 Å². The van der Waals surface area contributed by atoms with Gasteiger partial charge >= 0.3 is 0 Å². The second kappa shape index (κ2) is 7.00. The molecule has 2 aromatic rings. The Morgan fingerprint density at radius 3 is 2.56 bits per heavy atom. The lowest BCUT2D eigenvalue weighted by molar-refractivity contribution is -0.904. The second-order valence-electron chi connectivity index (χ2n) is 7.27. The van der Waals surface area contributed by atoms with Crippen LogP contribution >= 0.6 is 0 Å². The molecule has 5 nitrogen and oxygen atoms in total. The third-order valence-corrected chi connectivity index (χ3v) is 5.31. The number of quaternary nitrogens is 1. The number of hydrogen-bond donors (Lipinski definition) is 1. The molecule has 5 heteroatoms. The summed E-state index contributed by atoms with van der Waals surface area (Å²) in [6.45, 7) is 7.21. The number of benzene rings is 1. The highest BCUT2D eigenvalue weighted by molar-refractivity contribution is 5.93. The summed E-state index contributed by atoms with van der Waals surface area (Å²) in [5.41, 5.74) is 2.75. The van der Waals surface area contributed by atoms with E-state index in [1.54, 1.807) is 4.90 Å². The van der Waals surface area contributed by atoms with Crippen LogP contribution in [0.25, 0.3) is 5.69 Å². The van der Waals surface area contributed by atoms with Gasteiger partial charge < -0.3 is 9.80 Å². The maximum absolute atomic E-state index is 13.2. The summed E-state index contributed by atoms with van der Waals surface area (Å²) in [6.07, 6.45) is 3.59. The van der Waals surface area contributed by atoms with Gasteiger partial charge in [-0.15, -0.1) is 0 Å². The zero-order valence-electron chi connectivity index (χ0n) is 14.9. The fraction of sp³-hybridized carbons (Fsp3) is 0.500. The summed E-state index contributed by atoms with van der Waals surface area (Å²) in [5, 5.41) is 4.77. The van der Waals surface area contributed by atoms with E-state index in [2.05, 4.69) is 6.92 Å². The average Bonchev–Trinajstić information content (AvgIpc) is 3.41. The molecule has 1 aliphatic carbocycles. The van der Waals surface area contributed by atoms with E-state index >= 15 is 0 Å². The fourth-order valence-electron chi connectivity index (χ4n) is 3.69. The van der Waals surface area contributed by atoms with Crippen molar-refractivity contribution < 1.29 is 9.69 Å². The predicted octanol–water partition coefficient (Wildman–Crippen LogP) is 1.50.